The summed E-state index contributed by atoms with van der Waals surface area (Å²) in [5.41, 5.74) is 0.177. The molecule has 4 nitrogen and oxygen atoms in total. The summed E-state index contributed by atoms with van der Waals surface area (Å²) >= 11 is 0. The van der Waals surface area contributed by atoms with Crippen LogP contribution in [0.4, 0.5) is 0 Å². The molecule has 144 valence electrons. The summed E-state index contributed by atoms with van der Waals surface area (Å²) in [6, 6.07) is 0.265. The molecule has 3 saturated carbocycles. The zero-order valence-electron chi connectivity index (χ0n) is 16.6. The summed E-state index contributed by atoms with van der Waals surface area (Å²) in [6.07, 6.45) is 10.8. The molecular formula is C22H33NO3. The van der Waals surface area contributed by atoms with Crippen LogP contribution in [-0.4, -0.2) is 24.0 Å². The van der Waals surface area contributed by atoms with Gasteiger partial charge in [-0.15, -0.1) is 0 Å². The van der Waals surface area contributed by atoms with Crippen molar-refractivity contribution in [3.8, 4) is 0 Å². The SMILES string of the molecule is CCC1CC2NC(=O)C=C[C@]2(C)[C@@H]2CC[C@]3(C)C(OC(C)=O)CC[C@H]3[C@H]12. The molecule has 3 unspecified atom stereocenters. The minimum absolute atomic E-state index is 0.0606. The van der Waals surface area contributed by atoms with E-state index in [1.165, 1.54) is 12.8 Å². The molecule has 0 bridgehead atoms. The number of rotatable bonds is 2. The number of hydrogen-bond donors (Lipinski definition) is 1. The van der Waals surface area contributed by atoms with Crippen LogP contribution in [0.15, 0.2) is 12.2 Å². The Kier molecular flexibility index (Phi) is 4.24. The van der Waals surface area contributed by atoms with Gasteiger partial charge in [-0.05, 0) is 61.9 Å². The molecule has 8 atom stereocenters. The van der Waals surface area contributed by atoms with E-state index in [4.69, 9.17) is 4.74 Å². The second-order valence-electron chi connectivity index (χ2n) is 9.67. The maximum Gasteiger partial charge on any atom is 0.302 e. The first-order valence-electron chi connectivity index (χ1n) is 10.5. The third-order valence-corrected chi connectivity index (χ3v) is 8.62. The first-order chi connectivity index (χ1) is 12.3. The molecule has 4 rings (SSSR count). The van der Waals surface area contributed by atoms with Gasteiger partial charge in [-0.25, -0.2) is 0 Å². The van der Waals surface area contributed by atoms with Crippen molar-refractivity contribution in [2.45, 2.75) is 78.4 Å². The minimum atomic E-state index is -0.139. The number of hydrogen-bond acceptors (Lipinski definition) is 3. The van der Waals surface area contributed by atoms with Crippen LogP contribution < -0.4 is 5.32 Å². The lowest BCUT2D eigenvalue weighted by Crippen LogP contribution is -2.62. The molecular weight excluding hydrogens is 326 g/mol. The largest absolute Gasteiger partial charge is 0.462 e. The Labute approximate surface area is 157 Å². The fraction of sp³-hybridized carbons (Fsp3) is 0.818. The van der Waals surface area contributed by atoms with Crippen molar-refractivity contribution in [3.05, 3.63) is 12.2 Å². The maximum atomic E-state index is 11.9. The van der Waals surface area contributed by atoms with Crippen molar-refractivity contribution in [1.82, 2.24) is 5.32 Å². The van der Waals surface area contributed by atoms with Crippen LogP contribution >= 0.6 is 0 Å². The molecule has 26 heavy (non-hydrogen) atoms. The molecule has 4 heteroatoms. The molecule has 1 aliphatic heterocycles. The summed E-state index contributed by atoms with van der Waals surface area (Å²) in [7, 11) is 0. The predicted molar refractivity (Wildman–Crippen MR) is 100 cm³/mol. The molecule has 3 aliphatic carbocycles. The number of amides is 1. The lowest BCUT2D eigenvalue weighted by molar-refractivity contribution is -0.160. The molecule has 1 N–H and O–H groups in total. The third kappa shape index (κ3) is 2.47. The van der Waals surface area contributed by atoms with E-state index in [2.05, 4.69) is 32.2 Å². The summed E-state index contributed by atoms with van der Waals surface area (Å²) in [5, 5.41) is 3.27. The van der Waals surface area contributed by atoms with Crippen LogP contribution in [0.5, 0.6) is 0 Å². The normalized spacial score (nSPS) is 49.6. The van der Waals surface area contributed by atoms with Gasteiger partial charge in [0, 0.05) is 23.8 Å². The molecule has 3 fully saturated rings. The van der Waals surface area contributed by atoms with Crippen LogP contribution in [0.25, 0.3) is 0 Å². The fourth-order valence-electron chi connectivity index (χ4n) is 7.26. The standard InChI is InChI=1S/C22H33NO3/c1-5-14-12-17-21(3,11-9-19(25)23-17)16-8-10-22(4)15(20(14)16)6-7-18(22)26-13(2)24/h9,11,14-18,20H,5-8,10,12H2,1-4H3,(H,23,25)/t14?,15-,16+,17?,18?,20-,21+,22-/m0/s1. The van der Waals surface area contributed by atoms with Crippen LogP contribution in [0.1, 0.15) is 66.2 Å². The minimum Gasteiger partial charge on any atom is -0.462 e. The van der Waals surface area contributed by atoms with E-state index in [9.17, 15) is 9.59 Å². The molecule has 4 aliphatic rings. The van der Waals surface area contributed by atoms with Crippen molar-refractivity contribution in [2.24, 2.45) is 34.5 Å². The van der Waals surface area contributed by atoms with Gasteiger partial charge in [0.2, 0.25) is 5.91 Å². The summed E-state index contributed by atoms with van der Waals surface area (Å²) < 4.78 is 5.77. The number of nitrogens with one attached hydrogen (secondary N) is 1. The predicted octanol–water partition coefficient (Wildman–Crippen LogP) is 3.85. The second kappa shape index (κ2) is 6.10. The Morgan fingerprint density at radius 1 is 1.27 bits per heavy atom. The monoisotopic (exact) mass is 359 g/mol. The van der Waals surface area contributed by atoms with Crippen LogP contribution in [0, 0.1) is 34.5 Å². The molecule has 1 heterocycles. The highest BCUT2D eigenvalue weighted by molar-refractivity contribution is 5.89. The molecule has 0 aromatic heterocycles. The Balaban J connectivity index is 1.69. The summed E-state index contributed by atoms with van der Waals surface area (Å²) in [4.78, 5) is 23.6. The highest BCUT2D eigenvalue weighted by Gasteiger charge is 2.62. The number of carbonyl (C=O) groups excluding carboxylic acids is 2. The Hall–Kier alpha value is -1.32. The van der Waals surface area contributed by atoms with E-state index in [-0.39, 0.29) is 34.9 Å². The van der Waals surface area contributed by atoms with E-state index in [0.29, 0.717) is 23.7 Å². The molecule has 0 aromatic rings. The van der Waals surface area contributed by atoms with E-state index >= 15 is 0 Å². The van der Waals surface area contributed by atoms with Crippen molar-refractivity contribution >= 4 is 11.9 Å². The smallest absolute Gasteiger partial charge is 0.302 e. The number of ether oxygens (including phenoxy) is 1. The van der Waals surface area contributed by atoms with Gasteiger partial charge in [0.25, 0.3) is 0 Å². The van der Waals surface area contributed by atoms with Crippen molar-refractivity contribution in [1.29, 1.82) is 0 Å². The molecule has 0 radical (unpaired) electrons. The molecule has 0 saturated heterocycles. The zero-order valence-corrected chi connectivity index (χ0v) is 16.6. The van der Waals surface area contributed by atoms with Gasteiger partial charge in [0.1, 0.15) is 6.10 Å². The van der Waals surface area contributed by atoms with Crippen molar-refractivity contribution in [3.63, 3.8) is 0 Å². The Bertz CT molecular complexity index is 643. The quantitative estimate of drug-likeness (QED) is 0.762. The van der Waals surface area contributed by atoms with E-state index in [1.54, 1.807) is 13.0 Å². The third-order valence-electron chi connectivity index (χ3n) is 8.62. The fourth-order valence-corrected chi connectivity index (χ4v) is 7.26. The van der Waals surface area contributed by atoms with Crippen LogP contribution in [-0.2, 0) is 14.3 Å². The average Bonchev–Trinajstić information content (AvgIpc) is 2.91. The van der Waals surface area contributed by atoms with Gasteiger partial charge in [-0.1, -0.05) is 33.3 Å². The van der Waals surface area contributed by atoms with Crippen LogP contribution in [0.2, 0.25) is 0 Å². The molecule has 0 aromatic carbocycles. The first-order valence-corrected chi connectivity index (χ1v) is 10.5. The molecule has 0 spiro atoms. The van der Waals surface area contributed by atoms with E-state index in [1.807, 2.05) is 0 Å². The topological polar surface area (TPSA) is 55.4 Å². The number of esters is 1. The highest BCUT2D eigenvalue weighted by atomic mass is 16.5. The van der Waals surface area contributed by atoms with E-state index < -0.39 is 0 Å². The summed E-state index contributed by atoms with van der Waals surface area (Å²) in [6.45, 7) is 8.57. The maximum absolute atomic E-state index is 11.9. The average molecular weight is 360 g/mol. The van der Waals surface area contributed by atoms with Gasteiger partial charge in [0.15, 0.2) is 0 Å². The second-order valence-corrected chi connectivity index (χ2v) is 9.67. The Morgan fingerprint density at radius 3 is 2.73 bits per heavy atom. The first kappa shape index (κ1) is 18.1. The number of carbonyl (C=O) groups is 2. The number of fused-ring (bicyclic) bond motifs is 5. The van der Waals surface area contributed by atoms with Crippen molar-refractivity contribution < 1.29 is 14.3 Å². The highest BCUT2D eigenvalue weighted by Crippen LogP contribution is 2.65. The van der Waals surface area contributed by atoms with Gasteiger partial charge < -0.3 is 10.1 Å². The zero-order chi connectivity index (χ0) is 18.7. The lowest BCUT2D eigenvalue weighted by atomic mass is 9.45. The van der Waals surface area contributed by atoms with Gasteiger partial charge in [-0.3, -0.25) is 9.59 Å². The summed E-state index contributed by atoms with van der Waals surface area (Å²) in [5.74, 6) is 2.47. The Morgan fingerprint density at radius 2 is 2.04 bits per heavy atom. The van der Waals surface area contributed by atoms with Crippen LogP contribution in [0.3, 0.4) is 0 Å². The van der Waals surface area contributed by atoms with Crippen molar-refractivity contribution in [2.75, 3.05) is 0 Å². The van der Waals surface area contributed by atoms with E-state index in [0.717, 1.165) is 25.7 Å². The van der Waals surface area contributed by atoms with Gasteiger partial charge >= 0.3 is 5.97 Å². The lowest BCUT2D eigenvalue weighted by Gasteiger charge is -2.61. The van der Waals surface area contributed by atoms with Gasteiger partial charge in [-0.2, -0.15) is 0 Å². The van der Waals surface area contributed by atoms with Gasteiger partial charge in [0.05, 0.1) is 0 Å². The molecule has 1 amide bonds.